The zero-order valence-corrected chi connectivity index (χ0v) is 10.5. The van der Waals surface area contributed by atoms with Gasteiger partial charge >= 0.3 is 0 Å². The Morgan fingerprint density at radius 1 is 1.06 bits per heavy atom. The van der Waals surface area contributed by atoms with Crippen molar-refractivity contribution in [2.45, 2.75) is 39.7 Å². The standard InChI is InChI=1S/C14H23NO/c1-3-5-10-15-12-13-6-8-14(9-7-13)16-11-4-2/h6-9,15H,3-5,10-12H2,1-2H3. The van der Waals surface area contributed by atoms with Crippen LogP contribution in [0.3, 0.4) is 0 Å². The minimum atomic E-state index is 0.800. The van der Waals surface area contributed by atoms with Gasteiger partial charge in [-0.2, -0.15) is 0 Å². The molecule has 0 heterocycles. The molecule has 1 N–H and O–H groups in total. The Morgan fingerprint density at radius 3 is 2.44 bits per heavy atom. The number of ether oxygens (including phenoxy) is 1. The minimum absolute atomic E-state index is 0.800. The molecule has 90 valence electrons. The van der Waals surface area contributed by atoms with E-state index in [1.54, 1.807) is 0 Å². The van der Waals surface area contributed by atoms with E-state index in [0.29, 0.717) is 0 Å². The number of benzene rings is 1. The summed E-state index contributed by atoms with van der Waals surface area (Å²) in [6, 6.07) is 8.35. The predicted molar refractivity (Wildman–Crippen MR) is 68.8 cm³/mol. The molecule has 0 saturated heterocycles. The molecule has 0 aliphatic rings. The van der Waals surface area contributed by atoms with E-state index in [2.05, 4.69) is 31.3 Å². The molecule has 2 nitrogen and oxygen atoms in total. The zero-order valence-electron chi connectivity index (χ0n) is 10.5. The van der Waals surface area contributed by atoms with Crippen LogP contribution in [-0.2, 0) is 6.54 Å². The average molecular weight is 221 g/mol. The summed E-state index contributed by atoms with van der Waals surface area (Å²) in [5, 5.41) is 3.42. The first kappa shape index (κ1) is 13.0. The molecule has 1 rings (SSSR count). The Kier molecular flexibility index (Phi) is 6.66. The van der Waals surface area contributed by atoms with Gasteiger partial charge in [-0.05, 0) is 37.1 Å². The van der Waals surface area contributed by atoms with E-state index in [1.807, 2.05) is 12.1 Å². The van der Waals surface area contributed by atoms with Crippen LogP contribution in [0.1, 0.15) is 38.7 Å². The van der Waals surface area contributed by atoms with Gasteiger partial charge in [0, 0.05) is 6.54 Å². The highest BCUT2D eigenvalue weighted by atomic mass is 16.5. The normalized spacial score (nSPS) is 10.4. The Labute approximate surface area is 99.0 Å². The van der Waals surface area contributed by atoms with Crippen LogP contribution in [0, 0.1) is 0 Å². The first-order valence-corrected chi connectivity index (χ1v) is 6.29. The van der Waals surface area contributed by atoms with Crippen molar-refractivity contribution in [1.29, 1.82) is 0 Å². The van der Waals surface area contributed by atoms with Gasteiger partial charge in [0.05, 0.1) is 6.61 Å². The van der Waals surface area contributed by atoms with Crippen molar-refractivity contribution in [3.05, 3.63) is 29.8 Å². The summed E-state index contributed by atoms with van der Waals surface area (Å²) in [6.07, 6.45) is 3.55. The number of hydrogen-bond donors (Lipinski definition) is 1. The molecule has 0 atom stereocenters. The van der Waals surface area contributed by atoms with Gasteiger partial charge in [0.15, 0.2) is 0 Å². The molecule has 0 aliphatic carbocycles. The maximum absolute atomic E-state index is 5.53. The van der Waals surface area contributed by atoms with E-state index in [-0.39, 0.29) is 0 Å². The number of nitrogens with one attached hydrogen (secondary N) is 1. The Hall–Kier alpha value is -1.02. The molecule has 16 heavy (non-hydrogen) atoms. The van der Waals surface area contributed by atoms with E-state index in [0.717, 1.165) is 31.9 Å². The van der Waals surface area contributed by atoms with E-state index in [9.17, 15) is 0 Å². The first-order chi connectivity index (χ1) is 7.86. The average Bonchev–Trinajstić information content (AvgIpc) is 2.33. The highest BCUT2D eigenvalue weighted by Gasteiger charge is 1.94. The second kappa shape index (κ2) is 8.17. The van der Waals surface area contributed by atoms with Gasteiger partial charge in [-0.15, -0.1) is 0 Å². The lowest BCUT2D eigenvalue weighted by Crippen LogP contribution is -2.14. The summed E-state index contributed by atoms with van der Waals surface area (Å²) in [6.45, 7) is 7.18. The summed E-state index contributed by atoms with van der Waals surface area (Å²) >= 11 is 0. The molecule has 0 aliphatic heterocycles. The van der Waals surface area contributed by atoms with E-state index < -0.39 is 0 Å². The molecule has 0 saturated carbocycles. The van der Waals surface area contributed by atoms with Gasteiger partial charge in [0.1, 0.15) is 5.75 Å². The van der Waals surface area contributed by atoms with Crippen molar-refractivity contribution in [3.8, 4) is 5.75 Å². The summed E-state index contributed by atoms with van der Waals surface area (Å²) < 4.78 is 5.53. The summed E-state index contributed by atoms with van der Waals surface area (Å²) in [4.78, 5) is 0. The van der Waals surface area contributed by atoms with Gasteiger partial charge in [0.2, 0.25) is 0 Å². The van der Waals surface area contributed by atoms with Crippen LogP contribution in [0.4, 0.5) is 0 Å². The number of hydrogen-bond acceptors (Lipinski definition) is 2. The Balaban J connectivity index is 2.27. The number of rotatable bonds is 8. The fraction of sp³-hybridized carbons (Fsp3) is 0.571. The third-order valence-corrected chi connectivity index (χ3v) is 2.43. The SMILES string of the molecule is CCCCNCc1ccc(OCCC)cc1. The van der Waals surface area contributed by atoms with Gasteiger partial charge in [0.25, 0.3) is 0 Å². The van der Waals surface area contributed by atoms with Crippen molar-refractivity contribution >= 4 is 0 Å². The Bertz CT molecular complexity index is 269. The highest BCUT2D eigenvalue weighted by molar-refractivity contribution is 5.27. The lowest BCUT2D eigenvalue weighted by molar-refractivity contribution is 0.317. The Morgan fingerprint density at radius 2 is 1.81 bits per heavy atom. The summed E-state index contributed by atoms with van der Waals surface area (Å²) in [7, 11) is 0. The molecule has 0 spiro atoms. The van der Waals surface area contributed by atoms with E-state index in [4.69, 9.17) is 4.74 Å². The smallest absolute Gasteiger partial charge is 0.119 e. The molecular weight excluding hydrogens is 198 g/mol. The zero-order chi connectivity index (χ0) is 11.6. The van der Waals surface area contributed by atoms with Crippen LogP contribution in [-0.4, -0.2) is 13.2 Å². The molecule has 0 aromatic heterocycles. The van der Waals surface area contributed by atoms with Crippen molar-refractivity contribution < 1.29 is 4.74 Å². The van der Waals surface area contributed by atoms with Crippen LogP contribution in [0.25, 0.3) is 0 Å². The summed E-state index contributed by atoms with van der Waals surface area (Å²) in [5.74, 6) is 0.971. The highest BCUT2D eigenvalue weighted by Crippen LogP contribution is 2.12. The monoisotopic (exact) mass is 221 g/mol. The maximum atomic E-state index is 5.53. The third-order valence-electron chi connectivity index (χ3n) is 2.43. The first-order valence-electron chi connectivity index (χ1n) is 6.29. The van der Waals surface area contributed by atoms with Crippen molar-refractivity contribution in [2.75, 3.05) is 13.2 Å². The molecule has 1 aromatic carbocycles. The lowest BCUT2D eigenvalue weighted by atomic mass is 10.2. The molecule has 2 heteroatoms. The molecular formula is C14H23NO. The van der Waals surface area contributed by atoms with Crippen molar-refractivity contribution in [1.82, 2.24) is 5.32 Å². The van der Waals surface area contributed by atoms with E-state index in [1.165, 1.54) is 18.4 Å². The van der Waals surface area contributed by atoms with Crippen molar-refractivity contribution in [3.63, 3.8) is 0 Å². The van der Waals surface area contributed by atoms with Crippen LogP contribution < -0.4 is 10.1 Å². The van der Waals surface area contributed by atoms with Crippen LogP contribution in [0.2, 0.25) is 0 Å². The number of unbranched alkanes of at least 4 members (excludes halogenated alkanes) is 1. The van der Waals surface area contributed by atoms with Gasteiger partial charge in [-0.3, -0.25) is 0 Å². The molecule has 0 unspecified atom stereocenters. The van der Waals surface area contributed by atoms with Gasteiger partial charge < -0.3 is 10.1 Å². The van der Waals surface area contributed by atoms with Crippen LogP contribution in [0.15, 0.2) is 24.3 Å². The molecule has 0 fully saturated rings. The fourth-order valence-electron chi connectivity index (χ4n) is 1.46. The lowest BCUT2D eigenvalue weighted by Gasteiger charge is -2.07. The van der Waals surface area contributed by atoms with Crippen molar-refractivity contribution in [2.24, 2.45) is 0 Å². The molecule has 0 bridgehead atoms. The molecule has 0 radical (unpaired) electrons. The second-order valence-corrected chi connectivity index (χ2v) is 4.02. The minimum Gasteiger partial charge on any atom is -0.494 e. The van der Waals surface area contributed by atoms with Gasteiger partial charge in [-0.1, -0.05) is 32.4 Å². The second-order valence-electron chi connectivity index (χ2n) is 4.02. The maximum Gasteiger partial charge on any atom is 0.119 e. The molecule has 0 amide bonds. The molecule has 1 aromatic rings. The predicted octanol–water partition coefficient (Wildman–Crippen LogP) is 3.37. The summed E-state index contributed by atoms with van der Waals surface area (Å²) in [5.41, 5.74) is 1.32. The third kappa shape index (κ3) is 5.17. The van der Waals surface area contributed by atoms with Crippen LogP contribution >= 0.6 is 0 Å². The van der Waals surface area contributed by atoms with E-state index >= 15 is 0 Å². The van der Waals surface area contributed by atoms with Gasteiger partial charge in [-0.25, -0.2) is 0 Å². The fourth-order valence-corrected chi connectivity index (χ4v) is 1.46. The quantitative estimate of drug-likeness (QED) is 0.680. The topological polar surface area (TPSA) is 21.3 Å². The van der Waals surface area contributed by atoms with Crippen LogP contribution in [0.5, 0.6) is 5.75 Å². The largest absolute Gasteiger partial charge is 0.494 e.